The van der Waals surface area contributed by atoms with Gasteiger partial charge in [-0.05, 0) is 51.3 Å². The van der Waals surface area contributed by atoms with Crippen LogP contribution in [0.3, 0.4) is 0 Å². The summed E-state index contributed by atoms with van der Waals surface area (Å²) in [6, 6.07) is 6.93. The van der Waals surface area contributed by atoms with Gasteiger partial charge in [0.1, 0.15) is 0 Å². The van der Waals surface area contributed by atoms with E-state index in [1.54, 1.807) is 11.8 Å². The Bertz CT molecular complexity index is 724. The molecule has 0 saturated carbocycles. The number of hydrogen-bond acceptors (Lipinski definition) is 4. The van der Waals surface area contributed by atoms with Crippen molar-refractivity contribution in [1.29, 1.82) is 5.26 Å². The van der Waals surface area contributed by atoms with Crippen molar-refractivity contribution in [3.63, 3.8) is 0 Å². The van der Waals surface area contributed by atoms with Crippen molar-refractivity contribution in [1.82, 2.24) is 9.62 Å². The van der Waals surface area contributed by atoms with E-state index in [-0.39, 0.29) is 22.4 Å². The van der Waals surface area contributed by atoms with E-state index in [0.717, 1.165) is 19.3 Å². The summed E-state index contributed by atoms with van der Waals surface area (Å²) in [5.41, 5.74) is 0.261. The van der Waals surface area contributed by atoms with Crippen LogP contribution in [0.15, 0.2) is 29.2 Å². The molecule has 1 saturated heterocycles. The minimum Gasteiger partial charge on any atom is -0.339 e. The molecular formula is C16H21N3O3S. The molecule has 124 valence electrons. The molecule has 2 atom stereocenters. The Kier molecular flexibility index (Phi) is 5.39. The Morgan fingerprint density at radius 2 is 2.17 bits per heavy atom. The summed E-state index contributed by atoms with van der Waals surface area (Å²) in [7, 11) is -3.84. The maximum absolute atomic E-state index is 12.5. The maximum Gasteiger partial charge on any atom is 0.241 e. The quantitative estimate of drug-likeness (QED) is 0.905. The molecule has 1 aromatic rings. The number of nitrogens with zero attached hydrogens (tertiary/aromatic N) is 2. The minimum atomic E-state index is -3.84. The molecule has 0 unspecified atom stereocenters. The molecule has 0 radical (unpaired) electrons. The number of nitrogens with one attached hydrogen (secondary N) is 1. The van der Waals surface area contributed by atoms with Crippen LogP contribution in [0, 0.1) is 11.3 Å². The van der Waals surface area contributed by atoms with Crippen molar-refractivity contribution in [3.8, 4) is 6.07 Å². The normalized spacial score (nSPS) is 19.9. The number of rotatable bonds is 4. The molecule has 1 N–H and O–H groups in total. The first-order valence-electron chi connectivity index (χ1n) is 7.68. The lowest BCUT2D eigenvalue weighted by molar-refractivity contribution is -0.135. The van der Waals surface area contributed by atoms with Gasteiger partial charge in [-0.1, -0.05) is 6.07 Å². The number of carbonyl (C=O) groups is 1. The molecule has 0 bridgehead atoms. The van der Waals surface area contributed by atoms with Gasteiger partial charge in [0.15, 0.2) is 0 Å². The van der Waals surface area contributed by atoms with Gasteiger partial charge in [0.2, 0.25) is 15.9 Å². The Morgan fingerprint density at radius 3 is 2.83 bits per heavy atom. The highest BCUT2D eigenvalue weighted by Gasteiger charge is 2.29. The van der Waals surface area contributed by atoms with E-state index in [2.05, 4.69) is 4.72 Å². The number of nitriles is 1. The van der Waals surface area contributed by atoms with Crippen molar-refractivity contribution in [3.05, 3.63) is 29.8 Å². The molecule has 23 heavy (non-hydrogen) atoms. The van der Waals surface area contributed by atoms with Crippen molar-refractivity contribution < 1.29 is 13.2 Å². The zero-order valence-corrected chi connectivity index (χ0v) is 14.1. The van der Waals surface area contributed by atoms with Crippen LogP contribution in [0.5, 0.6) is 0 Å². The van der Waals surface area contributed by atoms with Crippen LogP contribution >= 0.6 is 0 Å². The SMILES string of the molecule is C[C@@H](NS(=O)(=O)c1cccc(C#N)c1)C(=O)N1CCCC[C@@H]1C. The van der Waals surface area contributed by atoms with Gasteiger partial charge in [0.05, 0.1) is 22.6 Å². The minimum absolute atomic E-state index is 0.0112. The fourth-order valence-corrected chi connectivity index (χ4v) is 4.00. The van der Waals surface area contributed by atoms with Crippen LogP contribution < -0.4 is 4.72 Å². The van der Waals surface area contributed by atoms with E-state index in [9.17, 15) is 13.2 Å². The van der Waals surface area contributed by atoms with Crippen LogP contribution in [0.4, 0.5) is 0 Å². The Morgan fingerprint density at radius 1 is 1.43 bits per heavy atom. The summed E-state index contributed by atoms with van der Waals surface area (Å²) in [5, 5.41) is 8.87. The van der Waals surface area contributed by atoms with E-state index in [1.807, 2.05) is 13.0 Å². The lowest BCUT2D eigenvalue weighted by Gasteiger charge is -2.35. The van der Waals surface area contributed by atoms with Crippen LogP contribution in [0.1, 0.15) is 38.7 Å². The molecule has 6 nitrogen and oxygen atoms in total. The summed E-state index contributed by atoms with van der Waals surface area (Å²) < 4.78 is 27.2. The van der Waals surface area contributed by atoms with E-state index >= 15 is 0 Å². The second-order valence-corrected chi connectivity index (χ2v) is 7.57. The predicted molar refractivity (Wildman–Crippen MR) is 86.0 cm³/mol. The molecular weight excluding hydrogens is 314 g/mol. The number of likely N-dealkylation sites (tertiary alicyclic amines) is 1. The Labute approximate surface area is 137 Å². The Balaban J connectivity index is 2.13. The van der Waals surface area contributed by atoms with Gasteiger partial charge in [0, 0.05) is 12.6 Å². The zero-order chi connectivity index (χ0) is 17.0. The summed E-state index contributed by atoms with van der Waals surface area (Å²) in [6.45, 7) is 4.19. The van der Waals surface area contributed by atoms with Gasteiger partial charge in [-0.15, -0.1) is 0 Å². The van der Waals surface area contributed by atoms with Gasteiger partial charge in [-0.2, -0.15) is 9.98 Å². The number of sulfonamides is 1. The van der Waals surface area contributed by atoms with Gasteiger partial charge >= 0.3 is 0 Å². The lowest BCUT2D eigenvalue weighted by atomic mass is 10.0. The molecule has 0 aromatic heterocycles. The van der Waals surface area contributed by atoms with Crippen LogP contribution in [-0.4, -0.2) is 37.9 Å². The lowest BCUT2D eigenvalue weighted by Crippen LogP contribution is -2.51. The third-order valence-corrected chi connectivity index (χ3v) is 5.60. The fourth-order valence-electron chi connectivity index (χ4n) is 2.76. The molecule has 1 aliphatic heterocycles. The molecule has 1 aliphatic rings. The summed E-state index contributed by atoms with van der Waals surface area (Å²) >= 11 is 0. The van der Waals surface area contributed by atoms with E-state index in [0.29, 0.717) is 6.54 Å². The average molecular weight is 335 g/mol. The number of piperidine rings is 1. The highest BCUT2D eigenvalue weighted by molar-refractivity contribution is 7.89. The first kappa shape index (κ1) is 17.4. The summed E-state index contributed by atoms with van der Waals surface area (Å²) in [5.74, 6) is -0.211. The second-order valence-electron chi connectivity index (χ2n) is 5.86. The van der Waals surface area contributed by atoms with Gasteiger partial charge in [-0.3, -0.25) is 4.79 Å². The molecule has 2 rings (SSSR count). The molecule has 0 aliphatic carbocycles. The molecule has 1 aromatic carbocycles. The number of carbonyl (C=O) groups excluding carboxylic acids is 1. The molecule has 1 heterocycles. The summed E-state index contributed by atoms with van der Waals surface area (Å²) in [6.07, 6.45) is 2.97. The molecule has 0 spiro atoms. The van der Waals surface area contributed by atoms with Crippen molar-refractivity contribution in [2.75, 3.05) is 6.54 Å². The third-order valence-electron chi connectivity index (χ3n) is 4.06. The van der Waals surface area contributed by atoms with E-state index < -0.39 is 16.1 Å². The zero-order valence-electron chi connectivity index (χ0n) is 13.3. The summed E-state index contributed by atoms with van der Waals surface area (Å²) in [4.78, 5) is 14.2. The molecule has 1 amide bonds. The first-order chi connectivity index (χ1) is 10.8. The van der Waals surface area contributed by atoms with Crippen molar-refractivity contribution in [2.45, 2.75) is 50.1 Å². The number of hydrogen-bond donors (Lipinski definition) is 1. The van der Waals surface area contributed by atoms with Crippen molar-refractivity contribution in [2.24, 2.45) is 0 Å². The topological polar surface area (TPSA) is 90.3 Å². The van der Waals surface area contributed by atoms with Gasteiger partial charge in [0.25, 0.3) is 0 Å². The number of benzene rings is 1. The number of amides is 1. The van der Waals surface area contributed by atoms with Crippen LogP contribution in [0.2, 0.25) is 0 Å². The van der Waals surface area contributed by atoms with E-state index in [4.69, 9.17) is 5.26 Å². The third kappa shape index (κ3) is 4.09. The van der Waals surface area contributed by atoms with Gasteiger partial charge < -0.3 is 4.90 Å². The molecule has 1 fully saturated rings. The standard InChI is InChI=1S/C16H21N3O3S/c1-12-6-3-4-9-19(12)16(20)13(2)18-23(21,22)15-8-5-7-14(10-15)11-17/h5,7-8,10,12-13,18H,3-4,6,9H2,1-2H3/t12-,13+/m0/s1. The highest BCUT2D eigenvalue weighted by Crippen LogP contribution is 2.18. The van der Waals surface area contributed by atoms with Crippen LogP contribution in [0.25, 0.3) is 0 Å². The average Bonchev–Trinajstić information content (AvgIpc) is 2.54. The van der Waals surface area contributed by atoms with Crippen molar-refractivity contribution >= 4 is 15.9 Å². The fraction of sp³-hybridized carbons (Fsp3) is 0.500. The van der Waals surface area contributed by atoms with Gasteiger partial charge in [-0.25, -0.2) is 8.42 Å². The Hall–Kier alpha value is -1.91. The van der Waals surface area contributed by atoms with E-state index in [1.165, 1.54) is 24.3 Å². The maximum atomic E-state index is 12.5. The monoisotopic (exact) mass is 335 g/mol. The largest absolute Gasteiger partial charge is 0.339 e. The molecule has 7 heteroatoms. The van der Waals surface area contributed by atoms with Crippen LogP contribution in [-0.2, 0) is 14.8 Å². The highest BCUT2D eigenvalue weighted by atomic mass is 32.2. The second kappa shape index (κ2) is 7.11. The smallest absolute Gasteiger partial charge is 0.241 e. The first-order valence-corrected chi connectivity index (χ1v) is 9.16. The predicted octanol–water partition coefficient (Wildman–Crippen LogP) is 1.63.